The standard InChI is InChI=1S/C29H30F3N5O3/c1-20-5-3-6-22(17-20)7-10-27(39)34-24-18-23(28-33-19-26(35-28)29(30,31)32)8-9-25(24)40-16-4-11-36-12-14-37(15-13-36)21(2)38/h3,5-6,8-9,17-19H,4,11-16H2,1-2H3,(H,33,35)(H,34,39). The molecule has 2 N–H and O–H groups in total. The Balaban J connectivity index is 1.45. The van der Waals surface area contributed by atoms with Gasteiger partial charge in [-0.1, -0.05) is 18.1 Å². The number of hydrogen-bond acceptors (Lipinski definition) is 5. The van der Waals surface area contributed by atoms with Crippen LogP contribution in [0, 0.1) is 18.8 Å². The van der Waals surface area contributed by atoms with Gasteiger partial charge in [0.1, 0.15) is 17.3 Å². The van der Waals surface area contributed by atoms with Crippen molar-refractivity contribution < 1.29 is 27.5 Å². The van der Waals surface area contributed by atoms with Gasteiger partial charge in [0.15, 0.2) is 0 Å². The largest absolute Gasteiger partial charge is 0.491 e. The van der Waals surface area contributed by atoms with Gasteiger partial charge in [-0.15, -0.1) is 0 Å². The first kappa shape index (κ1) is 28.7. The molecule has 1 aliphatic rings. The number of nitrogens with one attached hydrogen (secondary N) is 2. The Morgan fingerprint density at radius 3 is 2.58 bits per heavy atom. The van der Waals surface area contributed by atoms with E-state index in [1.807, 2.05) is 30.0 Å². The Labute approximate surface area is 230 Å². The number of H-pyrrole nitrogens is 1. The van der Waals surface area contributed by atoms with E-state index in [0.29, 0.717) is 43.0 Å². The van der Waals surface area contributed by atoms with Gasteiger partial charge in [-0.3, -0.25) is 14.5 Å². The van der Waals surface area contributed by atoms with Crippen LogP contribution in [0.5, 0.6) is 5.75 Å². The summed E-state index contributed by atoms with van der Waals surface area (Å²) in [5.74, 6) is 5.20. The molecule has 2 aromatic carbocycles. The van der Waals surface area contributed by atoms with Crippen molar-refractivity contribution in [2.75, 3.05) is 44.6 Å². The number of aromatic nitrogens is 2. The van der Waals surface area contributed by atoms with Gasteiger partial charge in [0.05, 0.1) is 18.5 Å². The first-order chi connectivity index (χ1) is 19.1. The Bertz CT molecular complexity index is 1420. The third-order valence-electron chi connectivity index (χ3n) is 6.41. The molecule has 1 fully saturated rings. The minimum Gasteiger partial charge on any atom is -0.491 e. The number of nitrogens with zero attached hydrogens (tertiary/aromatic N) is 3. The number of anilines is 1. The quantitative estimate of drug-likeness (QED) is 0.336. The van der Waals surface area contributed by atoms with Crippen LogP contribution in [0.25, 0.3) is 11.4 Å². The number of carbonyl (C=O) groups is 2. The highest BCUT2D eigenvalue weighted by molar-refractivity contribution is 6.05. The molecule has 0 bridgehead atoms. The molecule has 4 rings (SSSR count). The van der Waals surface area contributed by atoms with Crippen molar-refractivity contribution in [3.8, 4) is 29.0 Å². The van der Waals surface area contributed by atoms with Gasteiger partial charge in [-0.2, -0.15) is 13.2 Å². The summed E-state index contributed by atoms with van der Waals surface area (Å²) in [5, 5.41) is 2.70. The Morgan fingerprint density at radius 2 is 1.90 bits per heavy atom. The fourth-order valence-electron chi connectivity index (χ4n) is 4.27. The predicted molar refractivity (Wildman–Crippen MR) is 145 cm³/mol. The van der Waals surface area contributed by atoms with Crippen LogP contribution in [-0.2, 0) is 15.8 Å². The minimum absolute atomic E-state index is 0.00456. The van der Waals surface area contributed by atoms with Crippen molar-refractivity contribution in [1.82, 2.24) is 19.8 Å². The molecule has 0 spiro atoms. The number of hydrogen-bond donors (Lipinski definition) is 2. The fourth-order valence-corrected chi connectivity index (χ4v) is 4.27. The number of imidazole rings is 1. The van der Waals surface area contributed by atoms with E-state index in [2.05, 4.69) is 32.0 Å². The van der Waals surface area contributed by atoms with E-state index in [-0.39, 0.29) is 17.4 Å². The molecular weight excluding hydrogens is 523 g/mol. The summed E-state index contributed by atoms with van der Waals surface area (Å²) >= 11 is 0. The summed E-state index contributed by atoms with van der Waals surface area (Å²) in [6, 6.07) is 12.1. The number of benzene rings is 2. The highest BCUT2D eigenvalue weighted by atomic mass is 19.4. The molecule has 11 heteroatoms. The van der Waals surface area contributed by atoms with Crippen LogP contribution in [0.3, 0.4) is 0 Å². The van der Waals surface area contributed by atoms with Crippen molar-refractivity contribution in [3.63, 3.8) is 0 Å². The van der Waals surface area contributed by atoms with Crippen LogP contribution in [-0.4, -0.2) is 70.9 Å². The van der Waals surface area contributed by atoms with Gasteiger partial charge in [0, 0.05) is 56.7 Å². The van der Waals surface area contributed by atoms with E-state index < -0.39 is 17.8 Å². The van der Waals surface area contributed by atoms with Gasteiger partial charge in [0.2, 0.25) is 5.91 Å². The molecule has 0 radical (unpaired) electrons. The number of ether oxygens (including phenoxy) is 1. The van der Waals surface area contributed by atoms with Gasteiger partial charge in [-0.25, -0.2) is 4.98 Å². The topological polar surface area (TPSA) is 90.6 Å². The number of piperazine rings is 1. The van der Waals surface area contributed by atoms with Crippen molar-refractivity contribution in [3.05, 3.63) is 65.5 Å². The lowest BCUT2D eigenvalue weighted by Gasteiger charge is -2.34. The predicted octanol–water partition coefficient (Wildman–Crippen LogP) is 4.33. The van der Waals surface area contributed by atoms with E-state index in [1.54, 1.807) is 25.1 Å². The summed E-state index contributed by atoms with van der Waals surface area (Å²) in [4.78, 5) is 34.4. The fraction of sp³-hybridized carbons (Fsp3) is 0.345. The number of rotatable bonds is 7. The molecule has 2 amide bonds. The molecule has 0 atom stereocenters. The lowest BCUT2D eigenvalue weighted by atomic mass is 10.1. The maximum Gasteiger partial charge on any atom is 0.432 e. The average molecular weight is 554 g/mol. The molecule has 2 heterocycles. The maximum atomic E-state index is 13.1. The maximum absolute atomic E-state index is 13.1. The van der Waals surface area contributed by atoms with Gasteiger partial charge in [0.25, 0.3) is 0 Å². The summed E-state index contributed by atoms with van der Waals surface area (Å²) in [5.41, 5.74) is 1.32. The summed E-state index contributed by atoms with van der Waals surface area (Å²) in [7, 11) is 0. The van der Waals surface area contributed by atoms with E-state index in [9.17, 15) is 22.8 Å². The van der Waals surface area contributed by atoms with Crippen LogP contribution in [0.15, 0.2) is 48.7 Å². The molecule has 1 aliphatic heterocycles. The van der Waals surface area contributed by atoms with E-state index >= 15 is 0 Å². The van der Waals surface area contributed by atoms with Crippen molar-refractivity contribution in [1.29, 1.82) is 0 Å². The first-order valence-corrected chi connectivity index (χ1v) is 12.9. The Kier molecular flexibility index (Phi) is 9.11. The summed E-state index contributed by atoms with van der Waals surface area (Å²) < 4.78 is 45.1. The van der Waals surface area contributed by atoms with Crippen LogP contribution < -0.4 is 10.1 Å². The highest BCUT2D eigenvalue weighted by Gasteiger charge is 2.33. The lowest BCUT2D eigenvalue weighted by molar-refractivity contribution is -0.140. The number of carbonyl (C=O) groups excluding carboxylic acids is 2. The SMILES string of the molecule is CC(=O)N1CCN(CCCOc2ccc(-c3ncc(C(F)(F)F)[nH]3)cc2NC(=O)C#Cc2cccc(C)c2)CC1. The molecule has 40 heavy (non-hydrogen) atoms. The molecule has 3 aromatic rings. The van der Waals surface area contributed by atoms with Gasteiger partial charge >= 0.3 is 12.1 Å². The van der Waals surface area contributed by atoms with Crippen molar-refractivity contribution in [2.24, 2.45) is 0 Å². The Hall–Kier alpha value is -4.30. The second kappa shape index (κ2) is 12.7. The number of aryl methyl sites for hydroxylation is 1. The molecule has 0 unspecified atom stereocenters. The molecule has 0 saturated carbocycles. The number of amides is 2. The van der Waals surface area contributed by atoms with E-state index in [1.165, 1.54) is 6.07 Å². The summed E-state index contributed by atoms with van der Waals surface area (Å²) in [6.07, 6.45) is -3.13. The van der Waals surface area contributed by atoms with Gasteiger partial charge < -0.3 is 19.9 Å². The zero-order valence-electron chi connectivity index (χ0n) is 22.3. The average Bonchev–Trinajstić information content (AvgIpc) is 3.42. The van der Waals surface area contributed by atoms with Crippen LogP contribution in [0.2, 0.25) is 0 Å². The number of alkyl halides is 3. The third-order valence-corrected chi connectivity index (χ3v) is 6.41. The van der Waals surface area contributed by atoms with Crippen LogP contribution in [0.4, 0.5) is 18.9 Å². The second-order valence-corrected chi connectivity index (χ2v) is 9.48. The van der Waals surface area contributed by atoms with E-state index in [4.69, 9.17) is 4.74 Å². The molecule has 8 nitrogen and oxygen atoms in total. The zero-order valence-corrected chi connectivity index (χ0v) is 22.3. The molecule has 1 aromatic heterocycles. The molecule has 1 saturated heterocycles. The van der Waals surface area contributed by atoms with E-state index in [0.717, 1.165) is 31.4 Å². The minimum atomic E-state index is -4.56. The van der Waals surface area contributed by atoms with Crippen molar-refractivity contribution >= 4 is 17.5 Å². The second-order valence-electron chi connectivity index (χ2n) is 9.48. The molecule has 210 valence electrons. The number of aromatic amines is 1. The monoisotopic (exact) mass is 553 g/mol. The van der Waals surface area contributed by atoms with Crippen molar-refractivity contribution in [2.45, 2.75) is 26.4 Å². The molecular formula is C29H30F3N5O3. The normalized spacial score (nSPS) is 13.9. The Morgan fingerprint density at radius 1 is 1.12 bits per heavy atom. The van der Waals surface area contributed by atoms with Crippen LogP contribution >= 0.6 is 0 Å². The molecule has 0 aliphatic carbocycles. The number of halogens is 3. The smallest absolute Gasteiger partial charge is 0.432 e. The summed E-state index contributed by atoms with van der Waals surface area (Å²) in [6.45, 7) is 7.59. The third kappa shape index (κ3) is 7.86. The highest BCUT2D eigenvalue weighted by Crippen LogP contribution is 2.33. The van der Waals surface area contributed by atoms with Gasteiger partial charge in [-0.05, 0) is 49.2 Å². The lowest BCUT2D eigenvalue weighted by Crippen LogP contribution is -2.48. The van der Waals surface area contributed by atoms with Crippen LogP contribution in [0.1, 0.15) is 30.2 Å². The first-order valence-electron chi connectivity index (χ1n) is 12.9. The zero-order chi connectivity index (χ0) is 28.7.